The quantitative estimate of drug-likeness (QED) is 0.564. The van der Waals surface area contributed by atoms with Crippen LogP contribution in [0.1, 0.15) is 26.7 Å². The molecule has 0 aromatic rings. The average molecular weight is 172 g/mol. The van der Waals surface area contributed by atoms with Gasteiger partial charge in [0.1, 0.15) is 0 Å². The topological polar surface area (TPSA) is 63.4 Å². The predicted molar refractivity (Wildman–Crippen MR) is 46.4 cm³/mol. The lowest BCUT2D eigenvalue weighted by molar-refractivity contribution is -0.127. The molecule has 2 N–H and O–H groups in total. The van der Waals surface area contributed by atoms with Crippen molar-refractivity contribution in [1.29, 1.82) is 0 Å². The number of carbonyl (C=O) groups is 2. The van der Waals surface area contributed by atoms with Gasteiger partial charge in [-0.1, -0.05) is 0 Å². The van der Waals surface area contributed by atoms with Crippen LogP contribution in [0.15, 0.2) is 0 Å². The van der Waals surface area contributed by atoms with Crippen LogP contribution in [0.4, 0.5) is 0 Å². The molecule has 1 aliphatic rings. The maximum atomic E-state index is 10.6. The molecule has 2 amide bonds. The van der Waals surface area contributed by atoms with Crippen LogP contribution in [0.3, 0.4) is 0 Å². The van der Waals surface area contributed by atoms with Gasteiger partial charge in [0.2, 0.25) is 11.8 Å². The highest BCUT2D eigenvalue weighted by Gasteiger charge is 2.12. The minimum atomic E-state index is -0.333. The zero-order valence-electron chi connectivity index (χ0n) is 7.67. The highest BCUT2D eigenvalue weighted by atomic mass is 16.2. The van der Waals surface area contributed by atoms with Crippen LogP contribution in [0.5, 0.6) is 0 Å². The van der Waals surface area contributed by atoms with Crippen molar-refractivity contribution in [3.05, 3.63) is 0 Å². The molecule has 0 saturated carbocycles. The Labute approximate surface area is 72.7 Å². The minimum Gasteiger partial charge on any atom is -0.370 e. The van der Waals surface area contributed by atoms with E-state index in [1.807, 2.05) is 4.90 Å². The lowest BCUT2D eigenvalue weighted by Gasteiger charge is -2.10. The van der Waals surface area contributed by atoms with Crippen LogP contribution in [0, 0.1) is 0 Å². The van der Waals surface area contributed by atoms with E-state index in [0.717, 1.165) is 13.1 Å². The van der Waals surface area contributed by atoms with Gasteiger partial charge in [0.25, 0.3) is 0 Å². The molecule has 4 nitrogen and oxygen atoms in total. The number of likely N-dealkylation sites (tertiary alicyclic amines) is 1. The first-order valence-corrected chi connectivity index (χ1v) is 4.05. The summed E-state index contributed by atoms with van der Waals surface area (Å²) in [5, 5.41) is 0. The molecule has 0 bridgehead atoms. The number of carbonyl (C=O) groups excluding carboxylic acids is 2. The Morgan fingerprint density at radius 3 is 1.67 bits per heavy atom. The van der Waals surface area contributed by atoms with Gasteiger partial charge in [-0.2, -0.15) is 0 Å². The number of primary amides is 1. The van der Waals surface area contributed by atoms with E-state index < -0.39 is 0 Å². The summed E-state index contributed by atoms with van der Waals surface area (Å²) in [6.45, 7) is 4.90. The summed E-state index contributed by atoms with van der Waals surface area (Å²) in [6, 6.07) is 0. The fourth-order valence-corrected chi connectivity index (χ4v) is 1.03. The highest BCUT2D eigenvalue weighted by molar-refractivity contribution is 5.73. The molecule has 0 aromatic carbocycles. The lowest BCUT2D eigenvalue weighted by Crippen LogP contribution is -2.24. The minimum absolute atomic E-state index is 0.225. The van der Waals surface area contributed by atoms with Crippen molar-refractivity contribution in [2.45, 2.75) is 26.7 Å². The molecular weight excluding hydrogens is 156 g/mol. The molecule has 1 aliphatic heterocycles. The van der Waals surface area contributed by atoms with Crippen molar-refractivity contribution in [1.82, 2.24) is 4.90 Å². The zero-order valence-corrected chi connectivity index (χ0v) is 7.67. The third-order valence-electron chi connectivity index (χ3n) is 1.55. The Bertz CT molecular complexity index is 158. The fraction of sp³-hybridized carbons (Fsp3) is 0.750. The summed E-state index contributed by atoms with van der Waals surface area (Å²) in [4.78, 5) is 21.7. The van der Waals surface area contributed by atoms with Gasteiger partial charge in [-0.3, -0.25) is 9.59 Å². The second-order valence-electron chi connectivity index (χ2n) is 2.82. The van der Waals surface area contributed by atoms with E-state index in [1.165, 1.54) is 19.8 Å². The van der Waals surface area contributed by atoms with Gasteiger partial charge in [0.05, 0.1) is 0 Å². The molecule has 12 heavy (non-hydrogen) atoms. The van der Waals surface area contributed by atoms with E-state index in [0.29, 0.717) is 0 Å². The molecule has 1 rings (SSSR count). The summed E-state index contributed by atoms with van der Waals surface area (Å²) < 4.78 is 0. The first kappa shape index (κ1) is 10.9. The number of nitrogens with zero attached hydrogens (tertiary/aromatic N) is 1. The summed E-state index contributed by atoms with van der Waals surface area (Å²) in [7, 11) is 0. The van der Waals surface area contributed by atoms with Gasteiger partial charge in [0.15, 0.2) is 0 Å². The molecule has 1 heterocycles. The molecule has 1 saturated heterocycles. The maximum Gasteiger partial charge on any atom is 0.219 e. The maximum absolute atomic E-state index is 10.6. The molecule has 0 radical (unpaired) electrons. The summed E-state index contributed by atoms with van der Waals surface area (Å²) in [5.41, 5.74) is 4.47. The van der Waals surface area contributed by atoms with Crippen LogP contribution in [0.2, 0.25) is 0 Å². The number of nitrogens with two attached hydrogens (primary N) is 1. The molecule has 0 unspecified atom stereocenters. The largest absolute Gasteiger partial charge is 0.370 e. The van der Waals surface area contributed by atoms with Crippen LogP contribution in [0.25, 0.3) is 0 Å². The van der Waals surface area contributed by atoms with E-state index in [1.54, 1.807) is 6.92 Å². The SMILES string of the molecule is CC(=O)N1CCCC1.CC(N)=O. The van der Waals surface area contributed by atoms with Crippen LogP contribution in [-0.4, -0.2) is 29.8 Å². The van der Waals surface area contributed by atoms with Crippen LogP contribution >= 0.6 is 0 Å². The van der Waals surface area contributed by atoms with E-state index in [2.05, 4.69) is 5.73 Å². The molecular formula is C8H16N2O2. The second kappa shape index (κ2) is 5.57. The molecule has 4 heteroatoms. The molecule has 1 fully saturated rings. The van der Waals surface area contributed by atoms with Gasteiger partial charge in [0, 0.05) is 26.9 Å². The smallest absolute Gasteiger partial charge is 0.219 e. The molecule has 70 valence electrons. The second-order valence-corrected chi connectivity index (χ2v) is 2.82. The number of hydrogen-bond acceptors (Lipinski definition) is 2. The number of rotatable bonds is 0. The molecule has 0 atom stereocenters. The van der Waals surface area contributed by atoms with Crippen molar-refractivity contribution in [3.63, 3.8) is 0 Å². The van der Waals surface area contributed by atoms with E-state index >= 15 is 0 Å². The van der Waals surface area contributed by atoms with Gasteiger partial charge >= 0.3 is 0 Å². The van der Waals surface area contributed by atoms with Crippen LogP contribution in [-0.2, 0) is 9.59 Å². The van der Waals surface area contributed by atoms with Crippen LogP contribution < -0.4 is 5.73 Å². The van der Waals surface area contributed by atoms with Crippen molar-refractivity contribution in [2.24, 2.45) is 5.73 Å². The number of hydrogen-bond donors (Lipinski definition) is 1. The molecule has 0 aromatic heterocycles. The van der Waals surface area contributed by atoms with Gasteiger partial charge in [-0.05, 0) is 12.8 Å². The van der Waals surface area contributed by atoms with Crippen molar-refractivity contribution in [2.75, 3.05) is 13.1 Å². The Hall–Kier alpha value is -1.06. The Morgan fingerprint density at radius 1 is 1.17 bits per heavy atom. The average Bonchev–Trinajstić information content (AvgIpc) is 2.34. The Balaban J connectivity index is 0.000000261. The van der Waals surface area contributed by atoms with Crippen molar-refractivity contribution >= 4 is 11.8 Å². The summed E-state index contributed by atoms with van der Waals surface area (Å²) in [5.74, 6) is -0.109. The zero-order chi connectivity index (χ0) is 9.56. The highest BCUT2D eigenvalue weighted by Crippen LogP contribution is 2.05. The van der Waals surface area contributed by atoms with Gasteiger partial charge in [-0.25, -0.2) is 0 Å². The summed E-state index contributed by atoms with van der Waals surface area (Å²) in [6.07, 6.45) is 2.39. The van der Waals surface area contributed by atoms with E-state index in [9.17, 15) is 9.59 Å². The Morgan fingerprint density at radius 2 is 1.50 bits per heavy atom. The van der Waals surface area contributed by atoms with Gasteiger partial charge in [-0.15, -0.1) is 0 Å². The van der Waals surface area contributed by atoms with E-state index in [4.69, 9.17) is 0 Å². The van der Waals surface area contributed by atoms with E-state index in [-0.39, 0.29) is 11.8 Å². The van der Waals surface area contributed by atoms with Gasteiger partial charge < -0.3 is 10.6 Å². The summed E-state index contributed by atoms with van der Waals surface area (Å²) >= 11 is 0. The predicted octanol–water partition coefficient (Wildman–Crippen LogP) is 0.120. The van der Waals surface area contributed by atoms with Crippen molar-refractivity contribution in [3.8, 4) is 0 Å². The standard InChI is InChI=1S/C6H11NO.C2H5NO/c1-6(8)7-4-2-3-5-7;1-2(3)4/h2-5H2,1H3;1H3,(H2,3,4). The first-order chi connectivity index (χ1) is 5.54. The van der Waals surface area contributed by atoms with Crippen molar-refractivity contribution < 1.29 is 9.59 Å². The lowest BCUT2D eigenvalue weighted by atomic mass is 10.4. The third kappa shape index (κ3) is 5.70. The number of amides is 2. The monoisotopic (exact) mass is 172 g/mol. The fourth-order valence-electron chi connectivity index (χ4n) is 1.03. The third-order valence-corrected chi connectivity index (χ3v) is 1.55. The molecule has 0 aliphatic carbocycles. The Kier molecular flexibility index (Phi) is 5.08. The molecule has 0 spiro atoms. The normalized spacial score (nSPS) is 15.0. The first-order valence-electron chi connectivity index (χ1n) is 4.05.